The number of aromatic nitrogens is 1. The molecule has 0 radical (unpaired) electrons. The molecule has 28 heavy (non-hydrogen) atoms. The van der Waals surface area contributed by atoms with E-state index in [-0.39, 0.29) is 35.5 Å². The smallest absolute Gasteiger partial charge is 0.191 e. The first-order chi connectivity index (χ1) is 12.9. The van der Waals surface area contributed by atoms with Crippen LogP contribution in [0.25, 0.3) is 0 Å². The van der Waals surface area contributed by atoms with Crippen LogP contribution in [0, 0.1) is 5.41 Å². The van der Waals surface area contributed by atoms with Crippen LogP contribution in [0.4, 0.5) is 5.82 Å². The van der Waals surface area contributed by atoms with E-state index >= 15 is 0 Å². The molecule has 0 aromatic carbocycles. The molecule has 0 bridgehead atoms. The van der Waals surface area contributed by atoms with Crippen LogP contribution in [0.5, 0.6) is 0 Å². The van der Waals surface area contributed by atoms with Crippen LogP contribution in [0.15, 0.2) is 23.3 Å². The number of nitrogens with zero attached hydrogens (tertiary/aromatic N) is 3. The fourth-order valence-electron chi connectivity index (χ4n) is 3.30. The van der Waals surface area contributed by atoms with E-state index in [1.165, 1.54) is 24.8 Å². The number of hydrogen-bond acceptors (Lipinski definition) is 4. The Hall–Kier alpha value is -1.09. The second-order valence-corrected chi connectivity index (χ2v) is 8.24. The van der Waals surface area contributed by atoms with E-state index in [0.29, 0.717) is 6.54 Å². The van der Waals surface area contributed by atoms with Crippen molar-refractivity contribution in [3.63, 3.8) is 0 Å². The highest BCUT2D eigenvalue weighted by molar-refractivity contribution is 14.0. The van der Waals surface area contributed by atoms with E-state index in [1.54, 1.807) is 7.11 Å². The quantitative estimate of drug-likeness (QED) is 0.337. The molecule has 160 valence electrons. The van der Waals surface area contributed by atoms with Gasteiger partial charge in [0.2, 0.25) is 0 Å². The number of halogens is 1. The normalized spacial score (nSPS) is 16.3. The summed E-state index contributed by atoms with van der Waals surface area (Å²) in [6.07, 6.45) is 5.86. The predicted molar refractivity (Wildman–Crippen MR) is 129 cm³/mol. The first kappa shape index (κ1) is 24.9. The van der Waals surface area contributed by atoms with Gasteiger partial charge in [0.15, 0.2) is 5.96 Å². The van der Waals surface area contributed by atoms with E-state index in [2.05, 4.69) is 54.3 Å². The fraction of sp³-hybridized carbons (Fsp3) is 0.714. The van der Waals surface area contributed by atoms with Gasteiger partial charge in [-0.3, -0.25) is 0 Å². The van der Waals surface area contributed by atoms with E-state index in [0.717, 1.165) is 38.0 Å². The first-order valence-corrected chi connectivity index (χ1v) is 10.2. The molecule has 0 saturated carbocycles. The Morgan fingerprint density at radius 2 is 1.96 bits per heavy atom. The van der Waals surface area contributed by atoms with Gasteiger partial charge in [-0.1, -0.05) is 20.8 Å². The minimum Gasteiger partial charge on any atom is -0.379 e. The summed E-state index contributed by atoms with van der Waals surface area (Å²) in [6, 6.07) is 4.22. The molecule has 1 aromatic heterocycles. The van der Waals surface area contributed by atoms with Crippen molar-refractivity contribution in [1.82, 2.24) is 15.6 Å². The molecular formula is C21H38IN5O. The van der Waals surface area contributed by atoms with Crippen LogP contribution in [-0.4, -0.2) is 50.3 Å². The number of hydrogen-bond donors (Lipinski definition) is 2. The Bertz CT molecular complexity index is 597. The summed E-state index contributed by atoms with van der Waals surface area (Å²) in [5, 5.41) is 6.73. The van der Waals surface area contributed by atoms with Gasteiger partial charge in [-0.25, -0.2) is 9.98 Å². The van der Waals surface area contributed by atoms with Gasteiger partial charge in [0, 0.05) is 39.5 Å². The predicted octanol–water partition coefficient (Wildman–Crippen LogP) is 3.81. The van der Waals surface area contributed by atoms with Crippen molar-refractivity contribution >= 4 is 35.8 Å². The summed E-state index contributed by atoms with van der Waals surface area (Å²) >= 11 is 0. The summed E-state index contributed by atoms with van der Waals surface area (Å²) in [5.41, 5.74) is 1.26. The summed E-state index contributed by atoms with van der Waals surface area (Å²) in [4.78, 5) is 11.7. The molecule has 1 aromatic rings. The number of nitrogens with one attached hydrogen (secondary N) is 2. The average molecular weight is 503 g/mol. The zero-order chi connectivity index (χ0) is 19.7. The topological polar surface area (TPSA) is 61.8 Å². The van der Waals surface area contributed by atoms with Crippen LogP contribution >= 0.6 is 24.0 Å². The van der Waals surface area contributed by atoms with Gasteiger partial charge >= 0.3 is 0 Å². The van der Waals surface area contributed by atoms with Gasteiger partial charge in [0.1, 0.15) is 5.82 Å². The summed E-state index contributed by atoms with van der Waals surface area (Å²) in [5.74, 6) is 1.90. The van der Waals surface area contributed by atoms with Crippen molar-refractivity contribution < 1.29 is 4.74 Å². The van der Waals surface area contributed by atoms with Crippen LogP contribution in [-0.2, 0) is 11.3 Å². The van der Waals surface area contributed by atoms with E-state index < -0.39 is 0 Å². The number of rotatable bonds is 7. The number of ether oxygens (including phenoxy) is 1. The van der Waals surface area contributed by atoms with Crippen molar-refractivity contribution in [1.29, 1.82) is 0 Å². The standard InChI is InChI=1S/C21H37N5O.HI/c1-6-22-20(25-16-18(27-5)21(2,3)4)24-15-17-10-11-23-19(14-17)26-12-8-7-9-13-26;/h10-11,14,18H,6-9,12-13,15-16H2,1-5H3,(H2,22,24,25);1H. The average Bonchev–Trinajstić information content (AvgIpc) is 2.66. The first-order valence-electron chi connectivity index (χ1n) is 10.2. The van der Waals surface area contributed by atoms with E-state index in [4.69, 9.17) is 9.73 Å². The minimum absolute atomic E-state index is 0. The number of methoxy groups -OCH3 is 1. The zero-order valence-electron chi connectivity index (χ0n) is 18.1. The number of guanidine groups is 1. The Kier molecular flexibility index (Phi) is 11.1. The highest BCUT2D eigenvalue weighted by atomic mass is 127. The number of aliphatic imine (C=N–C) groups is 1. The lowest BCUT2D eigenvalue weighted by atomic mass is 9.89. The van der Waals surface area contributed by atoms with Gasteiger partial charge < -0.3 is 20.3 Å². The van der Waals surface area contributed by atoms with Crippen molar-refractivity contribution in [2.75, 3.05) is 38.2 Å². The van der Waals surface area contributed by atoms with Gasteiger partial charge in [0.05, 0.1) is 12.6 Å². The molecule has 1 aliphatic heterocycles. The fourth-order valence-corrected chi connectivity index (χ4v) is 3.30. The Morgan fingerprint density at radius 3 is 2.57 bits per heavy atom. The van der Waals surface area contributed by atoms with Crippen LogP contribution in [0.2, 0.25) is 0 Å². The molecule has 1 saturated heterocycles. The Balaban J connectivity index is 0.00000392. The SMILES string of the molecule is CCNC(=NCc1ccnc(N2CCCCC2)c1)NCC(OC)C(C)(C)C.I. The van der Waals surface area contributed by atoms with Crippen molar-refractivity contribution in [3.8, 4) is 0 Å². The number of pyridine rings is 1. The third-order valence-corrected chi connectivity index (χ3v) is 4.96. The van der Waals surface area contributed by atoms with Crippen molar-refractivity contribution in [2.24, 2.45) is 10.4 Å². The lowest BCUT2D eigenvalue weighted by molar-refractivity contribution is 0.0205. The summed E-state index contributed by atoms with van der Waals surface area (Å²) in [7, 11) is 1.76. The molecule has 2 N–H and O–H groups in total. The third-order valence-electron chi connectivity index (χ3n) is 4.96. The molecule has 7 heteroatoms. The van der Waals surface area contributed by atoms with Crippen LogP contribution in [0.1, 0.15) is 52.5 Å². The van der Waals surface area contributed by atoms with Gasteiger partial charge in [-0.05, 0) is 49.3 Å². The van der Waals surface area contributed by atoms with Gasteiger partial charge in [-0.15, -0.1) is 24.0 Å². The molecule has 1 aliphatic rings. The second kappa shape index (κ2) is 12.5. The molecule has 0 aliphatic carbocycles. The lowest BCUT2D eigenvalue weighted by Gasteiger charge is -2.30. The molecule has 1 atom stereocenters. The van der Waals surface area contributed by atoms with Gasteiger partial charge in [0.25, 0.3) is 0 Å². The number of anilines is 1. The molecule has 2 rings (SSSR count). The van der Waals surface area contributed by atoms with E-state index in [1.807, 2.05) is 12.3 Å². The highest BCUT2D eigenvalue weighted by Crippen LogP contribution is 2.21. The molecule has 1 fully saturated rings. The zero-order valence-corrected chi connectivity index (χ0v) is 20.5. The maximum Gasteiger partial charge on any atom is 0.191 e. The van der Waals surface area contributed by atoms with E-state index in [9.17, 15) is 0 Å². The summed E-state index contributed by atoms with van der Waals surface area (Å²) < 4.78 is 5.63. The largest absolute Gasteiger partial charge is 0.379 e. The van der Waals surface area contributed by atoms with Crippen LogP contribution in [0.3, 0.4) is 0 Å². The molecule has 2 heterocycles. The molecular weight excluding hydrogens is 465 g/mol. The maximum atomic E-state index is 5.63. The number of piperidine rings is 1. The highest BCUT2D eigenvalue weighted by Gasteiger charge is 2.24. The Labute approximate surface area is 187 Å². The van der Waals surface area contributed by atoms with Crippen LogP contribution < -0.4 is 15.5 Å². The maximum absolute atomic E-state index is 5.63. The van der Waals surface area contributed by atoms with Crippen molar-refractivity contribution in [2.45, 2.75) is 59.6 Å². The van der Waals surface area contributed by atoms with Crippen molar-refractivity contribution in [3.05, 3.63) is 23.9 Å². The molecule has 0 spiro atoms. The van der Waals surface area contributed by atoms with Gasteiger partial charge in [-0.2, -0.15) is 0 Å². The molecule has 1 unspecified atom stereocenters. The summed E-state index contributed by atoms with van der Waals surface area (Å²) in [6.45, 7) is 13.0. The third kappa shape index (κ3) is 8.11. The Morgan fingerprint density at radius 1 is 1.25 bits per heavy atom. The molecule has 0 amide bonds. The lowest BCUT2D eigenvalue weighted by Crippen LogP contribution is -2.45. The molecule has 6 nitrogen and oxygen atoms in total. The monoisotopic (exact) mass is 503 g/mol. The second-order valence-electron chi connectivity index (χ2n) is 8.24. The minimum atomic E-state index is 0.